The van der Waals surface area contributed by atoms with Crippen molar-refractivity contribution in [2.24, 2.45) is 5.84 Å². The van der Waals surface area contributed by atoms with Crippen LogP contribution in [0.15, 0.2) is 0 Å². The van der Waals surface area contributed by atoms with Crippen LogP contribution >= 0.6 is 11.3 Å². The molecule has 1 rings (SSSR count). The summed E-state index contributed by atoms with van der Waals surface area (Å²) in [7, 11) is 0. The van der Waals surface area contributed by atoms with Gasteiger partial charge >= 0.3 is 0 Å². The highest BCUT2D eigenvalue weighted by Crippen LogP contribution is 2.13. The highest BCUT2D eigenvalue weighted by atomic mass is 32.1. The molecule has 0 fully saturated rings. The Bertz CT molecular complexity index is 282. The van der Waals surface area contributed by atoms with Crippen molar-refractivity contribution in [3.8, 4) is 0 Å². The fourth-order valence-electron chi connectivity index (χ4n) is 0.996. The Kier molecular flexibility index (Phi) is 6.98. The summed E-state index contributed by atoms with van der Waals surface area (Å²) >= 11 is 1.38. The first-order chi connectivity index (χ1) is 7.86. The maximum atomic E-state index is 5.37. The van der Waals surface area contributed by atoms with E-state index in [4.69, 9.17) is 15.3 Å². The summed E-state index contributed by atoms with van der Waals surface area (Å²) in [6.45, 7) is 4.60. The van der Waals surface area contributed by atoms with Crippen molar-refractivity contribution in [2.75, 3.05) is 25.2 Å². The van der Waals surface area contributed by atoms with Crippen LogP contribution in [0.25, 0.3) is 0 Å². The number of anilines is 1. The molecule has 0 amide bonds. The molecule has 0 spiro atoms. The zero-order valence-corrected chi connectivity index (χ0v) is 10.3. The number of ether oxygens (including phenoxy) is 2. The Morgan fingerprint density at radius 1 is 1.25 bits per heavy atom. The second-order valence-electron chi connectivity index (χ2n) is 3.16. The summed E-state index contributed by atoms with van der Waals surface area (Å²) < 4.78 is 10.7. The van der Waals surface area contributed by atoms with E-state index in [1.54, 1.807) is 0 Å². The van der Waals surface area contributed by atoms with Gasteiger partial charge in [-0.1, -0.05) is 24.7 Å². The molecule has 0 aliphatic heterocycles. The summed E-state index contributed by atoms with van der Waals surface area (Å²) in [5.74, 6) is 5.18. The summed E-state index contributed by atoms with van der Waals surface area (Å²) in [4.78, 5) is 0. The van der Waals surface area contributed by atoms with Gasteiger partial charge in [-0.2, -0.15) is 0 Å². The SMILES string of the molecule is CCCCOCCOCc1nnc(NN)s1. The largest absolute Gasteiger partial charge is 0.379 e. The molecule has 3 N–H and O–H groups in total. The van der Waals surface area contributed by atoms with Gasteiger partial charge < -0.3 is 9.47 Å². The minimum absolute atomic E-state index is 0.455. The smallest absolute Gasteiger partial charge is 0.219 e. The fraction of sp³-hybridized carbons (Fsp3) is 0.778. The molecule has 0 aromatic carbocycles. The van der Waals surface area contributed by atoms with E-state index in [1.807, 2.05) is 0 Å². The number of hydrogen-bond acceptors (Lipinski definition) is 7. The highest BCUT2D eigenvalue weighted by molar-refractivity contribution is 7.15. The first-order valence-corrected chi connectivity index (χ1v) is 6.13. The van der Waals surface area contributed by atoms with E-state index < -0.39 is 0 Å². The standard InChI is InChI=1S/C9H18N4O2S/c1-2-3-4-14-5-6-15-7-8-12-13-9(11-10)16-8/h2-7,10H2,1H3,(H,11,13). The van der Waals surface area contributed by atoms with Crippen LogP contribution in [0.2, 0.25) is 0 Å². The van der Waals surface area contributed by atoms with Gasteiger partial charge in [0.25, 0.3) is 0 Å². The van der Waals surface area contributed by atoms with Crippen molar-refractivity contribution in [2.45, 2.75) is 26.4 Å². The van der Waals surface area contributed by atoms with E-state index in [9.17, 15) is 0 Å². The molecule has 0 bridgehead atoms. The minimum atomic E-state index is 0.455. The van der Waals surface area contributed by atoms with Crippen molar-refractivity contribution in [1.29, 1.82) is 0 Å². The Balaban J connectivity index is 1.98. The summed E-state index contributed by atoms with van der Waals surface area (Å²) in [6.07, 6.45) is 2.25. The number of hydrazine groups is 1. The number of nitrogens with one attached hydrogen (secondary N) is 1. The third-order valence-electron chi connectivity index (χ3n) is 1.83. The normalized spacial score (nSPS) is 10.6. The molecule has 0 unspecified atom stereocenters. The lowest BCUT2D eigenvalue weighted by molar-refractivity contribution is 0.0394. The van der Waals surface area contributed by atoms with Crippen LogP contribution in [-0.2, 0) is 16.1 Å². The lowest BCUT2D eigenvalue weighted by Crippen LogP contribution is -2.05. The second-order valence-corrected chi connectivity index (χ2v) is 4.23. The molecule has 6 nitrogen and oxygen atoms in total. The molecule has 16 heavy (non-hydrogen) atoms. The molecule has 0 saturated heterocycles. The zero-order chi connectivity index (χ0) is 11.6. The van der Waals surface area contributed by atoms with Crippen LogP contribution < -0.4 is 11.3 Å². The first-order valence-electron chi connectivity index (χ1n) is 5.31. The van der Waals surface area contributed by atoms with Crippen molar-refractivity contribution >= 4 is 16.5 Å². The Morgan fingerprint density at radius 3 is 2.75 bits per heavy atom. The molecular formula is C9H18N4O2S. The monoisotopic (exact) mass is 246 g/mol. The fourth-order valence-corrected chi connectivity index (χ4v) is 1.58. The van der Waals surface area contributed by atoms with Gasteiger partial charge in [-0.25, -0.2) is 5.84 Å². The maximum Gasteiger partial charge on any atom is 0.219 e. The number of nitrogens with zero attached hydrogens (tertiary/aromatic N) is 2. The molecule has 1 aromatic rings. The number of nitrogens with two attached hydrogens (primary N) is 1. The molecule has 7 heteroatoms. The predicted molar refractivity (Wildman–Crippen MR) is 63.1 cm³/mol. The molecular weight excluding hydrogens is 228 g/mol. The zero-order valence-electron chi connectivity index (χ0n) is 9.44. The summed E-state index contributed by atoms with van der Waals surface area (Å²) in [6, 6.07) is 0. The Morgan fingerprint density at radius 2 is 2.06 bits per heavy atom. The third kappa shape index (κ3) is 5.36. The summed E-state index contributed by atoms with van der Waals surface area (Å²) in [5.41, 5.74) is 2.44. The molecule has 1 aromatic heterocycles. The van der Waals surface area contributed by atoms with E-state index in [0.29, 0.717) is 25.0 Å². The summed E-state index contributed by atoms with van der Waals surface area (Å²) in [5, 5.41) is 9.09. The number of unbranched alkanes of at least 4 members (excludes halogenated alkanes) is 1. The van der Waals surface area contributed by atoms with Gasteiger partial charge in [0.1, 0.15) is 11.6 Å². The molecule has 0 aliphatic carbocycles. The van der Waals surface area contributed by atoms with Crippen LogP contribution in [0, 0.1) is 0 Å². The van der Waals surface area contributed by atoms with Crippen LogP contribution in [-0.4, -0.2) is 30.0 Å². The second kappa shape index (κ2) is 8.40. The van der Waals surface area contributed by atoms with Gasteiger partial charge in [-0.15, -0.1) is 10.2 Å². The van der Waals surface area contributed by atoms with E-state index >= 15 is 0 Å². The Labute approximate surface area is 99.1 Å². The van der Waals surface area contributed by atoms with Crippen LogP contribution in [0.3, 0.4) is 0 Å². The van der Waals surface area contributed by atoms with Crippen molar-refractivity contribution in [3.05, 3.63) is 5.01 Å². The molecule has 0 saturated carbocycles. The topological polar surface area (TPSA) is 82.3 Å². The van der Waals surface area contributed by atoms with Crippen molar-refractivity contribution < 1.29 is 9.47 Å². The van der Waals surface area contributed by atoms with E-state index in [2.05, 4.69) is 22.5 Å². The average molecular weight is 246 g/mol. The van der Waals surface area contributed by atoms with Crippen molar-refractivity contribution in [3.63, 3.8) is 0 Å². The first kappa shape index (κ1) is 13.3. The van der Waals surface area contributed by atoms with E-state index in [0.717, 1.165) is 24.5 Å². The van der Waals surface area contributed by atoms with E-state index in [1.165, 1.54) is 11.3 Å². The molecule has 92 valence electrons. The number of rotatable bonds is 9. The van der Waals surface area contributed by atoms with Crippen LogP contribution in [0.4, 0.5) is 5.13 Å². The Hall–Kier alpha value is -0.760. The average Bonchev–Trinajstić information content (AvgIpc) is 2.76. The predicted octanol–water partition coefficient (Wildman–Crippen LogP) is 1.16. The highest BCUT2D eigenvalue weighted by Gasteiger charge is 2.01. The number of nitrogen functional groups attached to an aromatic ring is 1. The van der Waals surface area contributed by atoms with Gasteiger partial charge in [0, 0.05) is 6.61 Å². The van der Waals surface area contributed by atoms with Gasteiger partial charge in [0.15, 0.2) is 0 Å². The minimum Gasteiger partial charge on any atom is -0.379 e. The molecule has 0 aliphatic rings. The van der Waals surface area contributed by atoms with Gasteiger partial charge in [-0.05, 0) is 6.42 Å². The lowest BCUT2D eigenvalue weighted by Gasteiger charge is -2.03. The van der Waals surface area contributed by atoms with Crippen molar-refractivity contribution in [1.82, 2.24) is 10.2 Å². The third-order valence-corrected chi connectivity index (χ3v) is 2.66. The number of hydrogen-bond donors (Lipinski definition) is 2. The maximum absolute atomic E-state index is 5.37. The molecule has 0 radical (unpaired) electrons. The quantitative estimate of drug-likeness (QED) is 0.386. The lowest BCUT2D eigenvalue weighted by atomic mass is 10.4. The molecule has 0 atom stereocenters. The number of aromatic nitrogens is 2. The molecule has 1 heterocycles. The van der Waals surface area contributed by atoms with Gasteiger partial charge in [0.05, 0.1) is 13.2 Å². The van der Waals surface area contributed by atoms with Gasteiger partial charge in [0.2, 0.25) is 5.13 Å². The van der Waals surface area contributed by atoms with Crippen LogP contribution in [0.1, 0.15) is 24.8 Å². The van der Waals surface area contributed by atoms with E-state index in [-0.39, 0.29) is 0 Å². The van der Waals surface area contributed by atoms with Crippen LogP contribution in [0.5, 0.6) is 0 Å². The van der Waals surface area contributed by atoms with Gasteiger partial charge in [-0.3, -0.25) is 5.43 Å².